The van der Waals surface area contributed by atoms with Gasteiger partial charge in [0.05, 0.1) is 13.0 Å². The normalized spacial score (nSPS) is 15.5. The summed E-state index contributed by atoms with van der Waals surface area (Å²) in [5.41, 5.74) is 7.43. The van der Waals surface area contributed by atoms with E-state index in [0.29, 0.717) is 39.1 Å². The van der Waals surface area contributed by atoms with Crippen LogP contribution in [0.5, 0.6) is 0 Å². The number of aliphatic carboxylic acids is 2. The molecule has 192 valence electrons. The molecule has 1 heterocycles. The fourth-order valence-corrected chi connectivity index (χ4v) is 4.20. The first-order valence-corrected chi connectivity index (χ1v) is 11.9. The molecule has 2 amide bonds. The number of nitrogens with zero attached hydrogens (tertiary/aromatic N) is 1. The highest BCUT2D eigenvalue weighted by molar-refractivity contribution is 7.80. The minimum absolute atomic E-state index is 0.0597. The van der Waals surface area contributed by atoms with Crippen molar-refractivity contribution in [3.8, 4) is 0 Å². The van der Waals surface area contributed by atoms with Crippen LogP contribution in [0.1, 0.15) is 24.5 Å². The van der Waals surface area contributed by atoms with Crippen LogP contribution < -0.4 is 11.1 Å². The highest BCUT2D eigenvalue weighted by Gasteiger charge is 2.34. The molecule has 1 aliphatic heterocycles. The van der Waals surface area contributed by atoms with Crippen LogP contribution in [0.15, 0.2) is 42.5 Å². The molecule has 3 rings (SSSR count). The first kappa shape index (κ1) is 29.2. The predicted molar refractivity (Wildman–Crippen MR) is 141 cm³/mol. The fourth-order valence-electron chi connectivity index (χ4n) is 3.37. The van der Waals surface area contributed by atoms with Gasteiger partial charge in [-0.15, -0.1) is 0 Å². The Morgan fingerprint density at radius 2 is 1.69 bits per heavy atom. The first-order chi connectivity index (χ1) is 16.9. The highest BCUT2D eigenvalue weighted by atomic mass is 35.5. The van der Waals surface area contributed by atoms with Crippen LogP contribution in [0.3, 0.4) is 0 Å². The molecule has 2 aromatic rings. The molecule has 36 heavy (non-hydrogen) atoms. The molecule has 0 aliphatic carbocycles. The molecule has 0 saturated carbocycles. The number of thiocarbonyl (C=S) groups is 1. The van der Waals surface area contributed by atoms with E-state index in [4.69, 9.17) is 51.4 Å². The summed E-state index contributed by atoms with van der Waals surface area (Å²) in [6.07, 6.45) is 0.590. The number of anilines is 1. The summed E-state index contributed by atoms with van der Waals surface area (Å²) in [4.78, 5) is 46.3. The van der Waals surface area contributed by atoms with Crippen LogP contribution in [-0.4, -0.2) is 62.4 Å². The largest absolute Gasteiger partial charge is 0.480 e. The van der Waals surface area contributed by atoms with E-state index in [1.165, 1.54) is 11.8 Å². The lowest BCUT2D eigenvalue weighted by Gasteiger charge is -2.18. The van der Waals surface area contributed by atoms with Gasteiger partial charge in [0.1, 0.15) is 12.1 Å². The Balaban J connectivity index is 0.000000319. The van der Waals surface area contributed by atoms with Crippen molar-refractivity contribution in [2.45, 2.75) is 38.3 Å². The van der Waals surface area contributed by atoms with E-state index in [9.17, 15) is 19.2 Å². The minimum atomic E-state index is -1.05. The number of nitrogens with two attached hydrogens (primary N) is 1. The number of benzene rings is 2. The molecule has 5 N–H and O–H groups in total. The third kappa shape index (κ3) is 8.56. The summed E-state index contributed by atoms with van der Waals surface area (Å²) in [7, 11) is 0. The number of nitrogens with one attached hydrogen (secondary N) is 1. The highest BCUT2D eigenvalue weighted by Crippen LogP contribution is 2.25. The molecule has 1 saturated heterocycles. The SMILES string of the molecule is CC(=O)N1CC(=S)C[C@H]1C(=O)O.N[C@@H](Cc1ccc(NC(=O)Cc2c(Cl)cccc2Cl)cc1)C(=O)O. The van der Waals surface area contributed by atoms with Crippen molar-refractivity contribution < 1.29 is 29.4 Å². The second kappa shape index (κ2) is 13.3. The van der Waals surface area contributed by atoms with Crippen molar-refractivity contribution in [2.75, 3.05) is 11.9 Å². The van der Waals surface area contributed by atoms with E-state index < -0.39 is 24.0 Å². The maximum atomic E-state index is 12.1. The number of carboxylic acids is 2. The third-order valence-corrected chi connectivity index (χ3v) is 6.25. The third-order valence-electron chi connectivity index (χ3n) is 5.24. The van der Waals surface area contributed by atoms with Crippen molar-refractivity contribution in [1.82, 2.24) is 4.90 Å². The predicted octanol–water partition coefficient (Wildman–Crippen LogP) is 3.19. The summed E-state index contributed by atoms with van der Waals surface area (Å²) < 4.78 is 0. The van der Waals surface area contributed by atoms with Gasteiger partial charge in [-0.3, -0.25) is 14.4 Å². The van der Waals surface area contributed by atoms with Gasteiger partial charge in [0.2, 0.25) is 11.8 Å². The van der Waals surface area contributed by atoms with Gasteiger partial charge < -0.3 is 26.2 Å². The monoisotopic (exact) mass is 553 g/mol. The van der Waals surface area contributed by atoms with E-state index in [0.717, 1.165) is 5.56 Å². The number of hydrogen-bond acceptors (Lipinski definition) is 6. The van der Waals surface area contributed by atoms with E-state index in [1.807, 2.05) is 0 Å². The lowest BCUT2D eigenvalue weighted by Crippen LogP contribution is -2.39. The summed E-state index contributed by atoms with van der Waals surface area (Å²) in [5, 5.41) is 21.1. The zero-order valence-corrected chi connectivity index (χ0v) is 21.6. The molecule has 2 atom stereocenters. The van der Waals surface area contributed by atoms with Crippen LogP contribution in [0.4, 0.5) is 5.69 Å². The van der Waals surface area contributed by atoms with Crippen molar-refractivity contribution >= 4 is 69.7 Å². The molecule has 0 aromatic heterocycles. The van der Waals surface area contributed by atoms with Gasteiger partial charge in [-0.2, -0.15) is 0 Å². The number of carbonyl (C=O) groups excluding carboxylic acids is 2. The lowest BCUT2D eigenvalue weighted by atomic mass is 10.1. The van der Waals surface area contributed by atoms with E-state index >= 15 is 0 Å². The van der Waals surface area contributed by atoms with Crippen LogP contribution in [0.25, 0.3) is 0 Å². The van der Waals surface area contributed by atoms with Crippen molar-refractivity contribution in [3.05, 3.63) is 63.6 Å². The lowest BCUT2D eigenvalue weighted by molar-refractivity contribution is -0.147. The van der Waals surface area contributed by atoms with Gasteiger partial charge in [-0.25, -0.2) is 4.79 Å². The van der Waals surface area contributed by atoms with E-state index in [-0.39, 0.29) is 24.7 Å². The Morgan fingerprint density at radius 3 is 2.17 bits per heavy atom. The molecule has 1 fully saturated rings. The number of halogens is 2. The second-order valence-corrected chi connectivity index (χ2v) is 9.41. The summed E-state index contributed by atoms with van der Waals surface area (Å²) >= 11 is 16.9. The maximum Gasteiger partial charge on any atom is 0.326 e. The molecule has 2 aromatic carbocycles. The quantitative estimate of drug-likeness (QED) is 0.381. The van der Waals surface area contributed by atoms with Gasteiger partial charge in [-0.05, 0) is 41.8 Å². The van der Waals surface area contributed by atoms with Crippen LogP contribution in [0.2, 0.25) is 10.0 Å². The standard InChI is InChI=1S/C17H16Cl2N2O3.C7H9NO3S/c18-13-2-1-3-14(19)12(13)9-16(22)21-11-6-4-10(5-7-11)8-15(20)17(23)24;1-4(9)8-3-5(12)2-6(8)7(10)11/h1-7,15H,8-9,20H2,(H,21,22)(H,23,24);6H,2-3H2,1H3,(H,10,11)/t15-;6-/m00/s1. The number of amides is 2. The molecule has 1 aliphatic rings. The van der Waals surface area contributed by atoms with Crippen LogP contribution >= 0.6 is 35.4 Å². The minimum Gasteiger partial charge on any atom is -0.480 e. The number of rotatable bonds is 7. The average molecular weight is 554 g/mol. The number of likely N-dealkylation sites (tertiary alicyclic amines) is 1. The van der Waals surface area contributed by atoms with Crippen molar-refractivity contribution in [2.24, 2.45) is 5.73 Å². The Labute approximate surface area is 223 Å². The molecule has 9 nitrogen and oxygen atoms in total. The fraction of sp³-hybridized carbons (Fsp3) is 0.292. The zero-order valence-electron chi connectivity index (χ0n) is 19.2. The van der Waals surface area contributed by atoms with Gasteiger partial charge in [0.15, 0.2) is 0 Å². The summed E-state index contributed by atoms with van der Waals surface area (Å²) in [6, 6.07) is 10.2. The summed E-state index contributed by atoms with van der Waals surface area (Å²) in [5.74, 6) is -2.52. The summed E-state index contributed by atoms with van der Waals surface area (Å²) in [6.45, 7) is 1.66. The molecule has 0 unspecified atom stereocenters. The number of carboxylic acid groups (broad SMARTS) is 2. The van der Waals surface area contributed by atoms with Gasteiger partial charge in [0.25, 0.3) is 0 Å². The number of carbonyl (C=O) groups is 4. The smallest absolute Gasteiger partial charge is 0.326 e. The Hall–Kier alpha value is -3.05. The second-order valence-electron chi connectivity index (χ2n) is 8.01. The van der Waals surface area contributed by atoms with Gasteiger partial charge in [0, 0.05) is 33.9 Å². The molecular weight excluding hydrogens is 529 g/mol. The average Bonchev–Trinajstić information content (AvgIpc) is 3.20. The zero-order chi connectivity index (χ0) is 27.0. The van der Waals surface area contributed by atoms with Gasteiger partial charge >= 0.3 is 11.9 Å². The van der Waals surface area contributed by atoms with Crippen LogP contribution in [-0.2, 0) is 32.0 Å². The molecule has 0 spiro atoms. The van der Waals surface area contributed by atoms with Crippen LogP contribution in [0, 0.1) is 0 Å². The molecule has 0 radical (unpaired) electrons. The Morgan fingerprint density at radius 1 is 1.11 bits per heavy atom. The molecular formula is C24H25Cl2N3O6S. The topological polar surface area (TPSA) is 150 Å². The first-order valence-electron chi connectivity index (χ1n) is 10.7. The van der Waals surface area contributed by atoms with E-state index in [2.05, 4.69) is 5.32 Å². The van der Waals surface area contributed by atoms with Crippen molar-refractivity contribution in [3.63, 3.8) is 0 Å². The Kier molecular flexibility index (Phi) is 10.8. The van der Waals surface area contributed by atoms with Gasteiger partial charge in [-0.1, -0.05) is 53.6 Å². The van der Waals surface area contributed by atoms with E-state index in [1.54, 1.807) is 42.5 Å². The van der Waals surface area contributed by atoms with Crippen molar-refractivity contribution in [1.29, 1.82) is 0 Å². The number of hydrogen-bond donors (Lipinski definition) is 4. The Bertz CT molecular complexity index is 1110. The molecule has 12 heteroatoms. The molecule has 0 bridgehead atoms. The maximum absolute atomic E-state index is 12.1.